The van der Waals surface area contributed by atoms with Gasteiger partial charge in [-0.25, -0.2) is 4.98 Å². The Balaban J connectivity index is 2.46. The molecule has 1 aromatic carbocycles. The number of carbonyl (C=O) groups excluding carboxylic acids is 1. The molecule has 0 saturated carbocycles. The van der Waals surface area contributed by atoms with E-state index in [1.54, 1.807) is 18.0 Å². The number of benzene rings is 1. The number of halogens is 1. The summed E-state index contributed by atoms with van der Waals surface area (Å²) >= 11 is 7.99. The number of aryl methyl sites for hydroxylation is 2. The largest absolute Gasteiger partial charge is 0.309 e. The SMILES string of the molecule is C=C/C=C(\C=C/C)N(C)C(=O)c1nc(-c2ccc(C)cc2Cl)c(CCCCC)s1. The van der Waals surface area contributed by atoms with Crippen LogP contribution in [0.1, 0.15) is 53.4 Å². The topological polar surface area (TPSA) is 33.2 Å². The minimum atomic E-state index is -0.132. The molecule has 0 bridgehead atoms. The van der Waals surface area contributed by atoms with E-state index in [4.69, 9.17) is 16.6 Å². The van der Waals surface area contributed by atoms with Crippen LogP contribution in [0.3, 0.4) is 0 Å². The standard InChI is InChI=1S/C24H29ClN2OS/c1-6-9-10-13-21-22(19-15-14-17(4)16-20(19)25)26-23(29-21)24(28)27(5)18(11-7-2)12-8-3/h7-8,11-12,14-16H,2,6,9-10,13H2,1,3-5H3/b12-8-,18-11+. The first-order chi connectivity index (χ1) is 13.9. The number of hydrogen-bond donors (Lipinski definition) is 0. The Labute approximate surface area is 183 Å². The first-order valence-electron chi connectivity index (χ1n) is 9.92. The van der Waals surface area contributed by atoms with Crippen molar-refractivity contribution >= 4 is 28.8 Å². The molecular weight excluding hydrogens is 400 g/mol. The number of hydrogen-bond acceptors (Lipinski definition) is 3. The monoisotopic (exact) mass is 428 g/mol. The van der Waals surface area contributed by atoms with Crippen LogP contribution < -0.4 is 0 Å². The quantitative estimate of drug-likeness (QED) is 0.312. The van der Waals surface area contributed by atoms with Gasteiger partial charge in [-0.2, -0.15) is 0 Å². The van der Waals surface area contributed by atoms with E-state index < -0.39 is 0 Å². The molecule has 0 aliphatic heterocycles. The summed E-state index contributed by atoms with van der Waals surface area (Å²) in [5, 5.41) is 1.14. The van der Waals surface area contributed by atoms with Crippen LogP contribution in [0.2, 0.25) is 5.02 Å². The predicted molar refractivity (Wildman–Crippen MR) is 126 cm³/mol. The van der Waals surface area contributed by atoms with Gasteiger partial charge in [0.05, 0.1) is 10.7 Å². The van der Waals surface area contributed by atoms with Gasteiger partial charge in [0.1, 0.15) is 0 Å². The Morgan fingerprint density at radius 3 is 2.72 bits per heavy atom. The molecule has 1 amide bonds. The van der Waals surface area contributed by atoms with Crippen molar-refractivity contribution in [3.05, 3.63) is 75.3 Å². The van der Waals surface area contributed by atoms with E-state index in [1.807, 2.05) is 50.3 Å². The Morgan fingerprint density at radius 2 is 2.10 bits per heavy atom. The zero-order valence-electron chi connectivity index (χ0n) is 17.7. The van der Waals surface area contributed by atoms with Gasteiger partial charge in [-0.1, -0.05) is 62.2 Å². The van der Waals surface area contributed by atoms with E-state index in [9.17, 15) is 4.79 Å². The van der Waals surface area contributed by atoms with E-state index in [2.05, 4.69) is 13.5 Å². The number of rotatable bonds is 9. The van der Waals surface area contributed by atoms with Crippen molar-refractivity contribution in [2.45, 2.75) is 46.5 Å². The highest BCUT2D eigenvalue weighted by molar-refractivity contribution is 7.14. The maximum atomic E-state index is 13.1. The maximum Gasteiger partial charge on any atom is 0.287 e. The number of allylic oxidation sites excluding steroid dienone is 4. The van der Waals surface area contributed by atoms with Gasteiger partial charge in [-0.05, 0) is 50.5 Å². The van der Waals surface area contributed by atoms with E-state index in [-0.39, 0.29) is 5.91 Å². The van der Waals surface area contributed by atoms with Crippen molar-refractivity contribution in [3.8, 4) is 11.3 Å². The average Bonchev–Trinajstić information content (AvgIpc) is 3.10. The molecule has 0 atom stereocenters. The number of thiazole rings is 1. The normalized spacial score (nSPS) is 11.8. The van der Waals surface area contributed by atoms with Crippen molar-refractivity contribution in [3.63, 3.8) is 0 Å². The Morgan fingerprint density at radius 1 is 1.34 bits per heavy atom. The molecule has 2 rings (SSSR count). The van der Waals surface area contributed by atoms with Crippen molar-refractivity contribution in [1.29, 1.82) is 0 Å². The molecule has 5 heteroatoms. The minimum Gasteiger partial charge on any atom is -0.309 e. The summed E-state index contributed by atoms with van der Waals surface area (Å²) in [5.74, 6) is -0.132. The van der Waals surface area contributed by atoms with E-state index in [0.717, 1.165) is 53.1 Å². The molecule has 3 nitrogen and oxygen atoms in total. The molecule has 29 heavy (non-hydrogen) atoms. The van der Waals surface area contributed by atoms with E-state index in [0.29, 0.717) is 10.0 Å². The molecule has 2 aromatic rings. The lowest BCUT2D eigenvalue weighted by atomic mass is 10.1. The first-order valence-corrected chi connectivity index (χ1v) is 11.1. The molecule has 1 heterocycles. The number of nitrogens with zero attached hydrogens (tertiary/aromatic N) is 2. The second kappa shape index (κ2) is 11.1. The smallest absolute Gasteiger partial charge is 0.287 e. The molecule has 0 N–H and O–H groups in total. The lowest BCUT2D eigenvalue weighted by molar-refractivity contribution is 0.0840. The summed E-state index contributed by atoms with van der Waals surface area (Å²) in [4.78, 5) is 20.6. The molecular formula is C24H29ClN2OS. The van der Waals surface area contributed by atoms with Crippen molar-refractivity contribution < 1.29 is 4.79 Å². The summed E-state index contributed by atoms with van der Waals surface area (Å²) in [6, 6.07) is 5.97. The average molecular weight is 429 g/mol. The van der Waals surface area contributed by atoms with Crippen molar-refractivity contribution in [2.75, 3.05) is 7.05 Å². The molecule has 154 valence electrons. The Bertz CT molecular complexity index is 927. The number of amides is 1. The van der Waals surface area contributed by atoms with Crippen LogP contribution in [-0.2, 0) is 6.42 Å². The molecule has 0 aliphatic rings. The van der Waals surface area contributed by atoms with Gasteiger partial charge in [0.2, 0.25) is 0 Å². The summed E-state index contributed by atoms with van der Waals surface area (Å²) in [7, 11) is 1.76. The fourth-order valence-electron chi connectivity index (χ4n) is 3.00. The number of carbonyl (C=O) groups is 1. The Hall–Kier alpha value is -2.17. The van der Waals surface area contributed by atoms with Gasteiger partial charge < -0.3 is 4.90 Å². The fourth-order valence-corrected chi connectivity index (χ4v) is 4.42. The molecule has 0 spiro atoms. The van der Waals surface area contributed by atoms with Gasteiger partial charge >= 0.3 is 0 Å². The second-order valence-electron chi connectivity index (χ2n) is 6.92. The second-order valence-corrected chi connectivity index (χ2v) is 8.41. The minimum absolute atomic E-state index is 0.132. The lowest BCUT2D eigenvalue weighted by Crippen LogP contribution is -2.25. The van der Waals surface area contributed by atoms with Gasteiger partial charge in [0, 0.05) is 23.2 Å². The third-order valence-electron chi connectivity index (χ3n) is 4.59. The van der Waals surface area contributed by atoms with Crippen molar-refractivity contribution in [1.82, 2.24) is 9.88 Å². The molecule has 0 fully saturated rings. The van der Waals surface area contributed by atoms with E-state index in [1.165, 1.54) is 11.3 Å². The van der Waals surface area contributed by atoms with Crippen LogP contribution in [0.15, 0.2) is 54.8 Å². The first kappa shape index (κ1) is 23.1. The van der Waals surface area contributed by atoms with Gasteiger partial charge in [0.25, 0.3) is 5.91 Å². The Kier molecular flexibility index (Phi) is 8.87. The number of aromatic nitrogens is 1. The van der Waals surface area contributed by atoms with Crippen LogP contribution >= 0.6 is 22.9 Å². The van der Waals surface area contributed by atoms with Crippen LogP contribution in [-0.4, -0.2) is 22.8 Å². The highest BCUT2D eigenvalue weighted by atomic mass is 35.5. The van der Waals surface area contributed by atoms with Crippen LogP contribution in [0.5, 0.6) is 0 Å². The molecule has 0 saturated heterocycles. The van der Waals surface area contributed by atoms with Gasteiger partial charge in [-0.15, -0.1) is 11.3 Å². The fraction of sp³-hybridized carbons (Fsp3) is 0.333. The van der Waals surface area contributed by atoms with Gasteiger partial charge in [0.15, 0.2) is 5.01 Å². The summed E-state index contributed by atoms with van der Waals surface area (Å²) in [6.45, 7) is 9.85. The summed E-state index contributed by atoms with van der Waals surface area (Å²) < 4.78 is 0. The zero-order valence-corrected chi connectivity index (χ0v) is 19.2. The lowest BCUT2D eigenvalue weighted by Gasteiger charge is -2.16. The predicted octanol–water partition coefficient (Wildman–Crippen LogP) is 7.22. The van der Waals surface area contributed by atoms with Crippen LogP contribution in [0, 0.1) is 6.92 Å². The third kappa shape index (κ3) is 5.91. The van der Waals surface area contributed by atoms with E-state index >= 15 is 0 Å². The van der Waals surface area contributed by atoms with Crippen molar-refractivity contribution in [2.24, 2.45) is 0 Å². The maximum absolute atomic E-state index is 13.1. The highest BCUT2D eigenvalue weighted by Gasteiger charge is 2.22. The van der Waals surface area contributed by atoms with Crippen LogP contribution in [0.4, 0.5) is 0 Å². The third-order valence-corrected chi connectivity index (χ3v) is 6.00. The van der Waals surface area contributed by atoms with Crippen LogP contribution in [0.25, 0.3) is 11.3 Å². The van der Waals surface area contributed by atoms with Gasteiger partial charge in [-0.3, -0.25) is 4.79 Å². The highest BCUT2D eigenvalue weighted by Crippen LogP contribution is 2.35. The number of unbranched alkanes of at least 4 members (excludes halogenated alkanes) is 2. The summed E-state index contributed by atoms with van der Waals surface area (Å²) in [6.07, 6.45) is 11.5. The molecule has 0 radical (unpaired) electrons. The molecule has 1 aromatic heterocycles. The zero-order chi connectivity index (χ0) is 21.4. The number of likely N-dealkylation sites (N-methyl/N-ethyl adjacent to an activating group) is 1. The summed E-state index contributed by atoms with van der Waals surface area (Å²) in [5.41, 5.74) is 3.58. The molecule has 0 aliphatic carbocycles. The molecule has 0 unspecified atom stereocenters.